The Morgan fingerprint density at radius 3 is 1.85 bits per heavy atom. The first-order valence-corrected chi connectivity index (χ1v) is 19.6. The summed E-state index contributed by atoms with van der Waals surface area (Å²) in [7, 11) is -8.55. The first-order chi connectivity index (χ1) is 25.6. The Balaban J connectivity index is 1.65. The van der Waals surface area contributed by atoms with Crippen molar-refractivity contribution in [2.24, 2.45) is 15.4 Å². The molecule has 0 saturated carbocycles. The summed E-state index contributed by atoms with van der Waals surface area (Å²) < 4.78 is 57.0. The standard InChI is InChI=1S/C28H26N12O10S4/c1-3-49-23(43)19(24(44)50-4-2)34-33-15-11-8-12-16(13-15)40-20(14-9-6-5-7-10-14)17(21(41)31-25-35-37-27(51-25)53(29,45)46)18(39-40)22(42)32-26-36-38-28(52-26)54(30,47)48/h5-13,33H,3-4H2,1-2H3,(H2,29,45,46)(H2,30,47,48)(H,31,35,41)(H,32,36,42). The van der Waals surface area contributed by atoms with Gasteiger partial charge in [0.2, 0.25) is 18.9 Å². The third kappa shape index (κ3) is 9.11. The highest BCUT2D eigenvalue weighted by Crippen LogP contribution is 2.32. The molecule has 5 aromatic rings. The van der Waals surface area contributed by atoms with E-state index in [1.165, 1.54) is 22.9 Å². The molecule has 3 heterocycles. The van der Waals surface area contributed by atoms with E-state index in [0.29, 0.717) is 28.2 Å². The minimum Gasteiger partial charge on any atom is -0.461 e. The van der Waals surface area contributed by atoms with Gasteiger partial charge in [0, 0.05) is 5.56 Å². The lowest BCUT2D eigenvalue weighted by atomic mass is 10.0. The summed E-state index contributed by atoms with van der Waals surface area (Å²) in [4.78, 5) is 52.8. The third-order valence-electron chi connectivity index (χ3n) is 6.44. The molecular formula is C28H26N12O10S4. The van der Waals surface area contributed by atoms with Gasteiger partial charge >= 0.3 is 11.9 Å². The van der Waals surface area contributed by atoms with Gasteiger partial charge in [0.25, 0.3) is 37.6 Å². The number of rotatable bonds is 14. The number of carbonyl (C=O) groups is 4. The number of primary sulfonamides is 2. The molecule has 0 aliphatic carbocycles. The number of nitrogens with one attached hydrogen (secondary N) is 3. The molecule has 0 bridgehead atoms. The first kappa shape index (κ1) is 39.2. The molecule has 0 aliphatic heterocycles. The van der Waals surface area contributed by atoms with Gasteiger partial charge in [-0.2, -0.15) is 10.2 Å². The second-order valence-electron chi connectivity index (χ2n) is 10.2. The van der Waals surface area contributed by atoms with Gasteiger partial charge in [-0.1, -0.05) is 59.1 Å². The molecule has 0 atom stereocenters. The SMILES string of the molecule is CCOC(=O)C(=NNc1cccc(-n2nc(C(=O)Nc3nnc(S(N)(=O)=O)s3)c(C(=O)Nc3nnc(S(N)(=O)=O)s3)c2-c2ccccc2)c1)C(=O)OCC. The number of nitrogens with two attached hydrogens (primary N) is 2. The van der Waals surface area contributed by atoms with Crippen LogP contribution in [0.2, 0.25) is 0 Å². The molecule has 54 heavy (non-hydrogen) atoms. The second kappa shape index (κ2) is 16.3. The fraction of sp³-hybridized carbons (Fsp3) is 0.143. The molecule has 0 fully saturated rings. The molecule has 0 spiro atoms. The number of carbonyl (C=O) groups excluding carboxylic acids is 4. The normalized spacial score (nSPS) is 11.3. The van der Waals surface area contributed by atoms with Gasteiger partial charge in [0.05, 0.1) is 35.8 Å². The second-order valence-corrected chi connectivity index (χ2v) is 15.6. The van der Waals surface area contributed by atoms with Crippen LogP contribution in [0.5, 0.6) is 0 Å². The molecule has 0 saturated heterocycles. The maximum absolute atomic E-state index is 14.1. The van der Waals surface area contributed by atoms with Crippen LogP contribution in [0.3, 0.4) is 0 Å². The Labute approximate surface area is 312 Å². The van der Waals surface area contributed by atoms with Gasteiger partial charge < -0.3 is 9.47 Å². The number of benzene rings is 2. The topological polar surface area (TPSA) is 325 Å². The van der Waals surface area contributed by atoms with Crippen LogP contribution in [0, 0.1) is 0 Å². The zero-order chi connectivity index (χ0) is 39.2. The molecule has 0 aliphatic rings. The Bertz CT molecular complexity index is 2480. The Morgan fingerprint density at radius 2 is 1.33 bits per heavy atom. The van der Waals surface area contributed by atoms with Gasteiger partial charge in [-0.25, -0.2) is 41.4 Å². The summed E-state index contributed by atoms with van der Waals surface area (Å²) >= 11 is 0.877. The number of hydrogen-bond acceptors (Lipinski definition) is 19. The van der Waals surface area contributed by atoms with Gasteiger partial charge in [0.1, 0.15) is 0 Å². The number of anilines is 3. The highest BCUT2D eigenvalue weighted by Gasteiger charge is 2.32. The minimum absolute atomic E-state index is 0.0244. The van der Waals surface area contributed by atoms with Crippen LogP contribution < -0.4 is 26.3 Å². The van der Waals surface area contributed by atoms with Crippen LogP contribution in [0.15, 0.2) is 68.4 Å². The van der Waals surface area contributed by atoms with Gasteiger partial charge in [-0.3, -0.25) is 25.6 Å². The van der Waals surface area contributed by atoms with Crippen LogP contribution >= 0.6 is 22.7 Å². The molecule has 2 amide bonds. The Hall–Kier alpha value is -6.06. The van der Waals surface area contributed by atoms with E-state index >= 15 is 0 Å². The van der Waals surface area contributed by atoms with Gasteiger partial charge in [0.15, 0.2) is 5.69 Å². The number of nitrogens with zero attached hydrogens (tertiary/aromatic N) is 7. The fourth-order valence-electron chi connectivity index (χ4n) is 4.31. The van der Waals surface area contributed by atoms with Crippen LogP contribution in [0.1, 0.15) is 34.7 Å². The van der Waals surface area contributed by atoms with Crippen molar-refractivity contribution in [1.29, 1.82) is 0 Å². The van der Waals surface area contributed by atoms with Crippen molar-refractivity contribution in [3.8, 4) is 16.9 Å². The summed E-state index contributed by atoms with van der Waals surface area (Å²) in [5.41, 5.74) is 1.80. The summed E-state index contributed by atoms with van der Waals surface area (Å²) in [5, 5.41) is 37.0. The van der Waals surface area contributed by atoms with Crippen molar-refractivity contribution in [3.05, 3.63) is 65.9 Å². The van der Waals surface area contributed by atoms with Crippen LogP contribution in [0.25, 0.3) is 16.9 Å². The molecule has 2 aromatic carbocycles. The van der Waals surface area contributed by atoms with Crippen LogP contribution in [-0.4, -0.2) is 89.7 Å². The van der Waals surface area contributed by atoms with E-state index < -0.39 is 63.9 Å². The molecule has 0 radical (unpaired) electrons. The lowest BCUT2D eigenvalue weighted by Gasteiger charge is -2.11. The van der Waals surface area contributed by atoms with Crippen LogP contribution in [0.4, 0.5) is 16.0 Å². The van der Waals surface area contributed by atoms with E-state index in [4.69, 9.17) is 19.8 Å². The van der Waals surface area contributed by atoms with Crippen molar-refractivity contribution in [2.75, 3.05) is 29.3 Å². The van der Waals surface area contributed by atoms with Crippen molar-refractivity contribution in [2.45, 2.75) is 22.5 Å². The number of aromatic nitrogens is 6. The number of ether oxygens (including phenoxy) is 2. The predicted octanol–water partition coefficient (Wildman–Crippen LogP) is 0.936. The predicted molar refractivity (Wildman–Crippen MR) is 192 cm³/mol. The van der Waals surface area contributed by atoms with Crippen molar-refractivity contribution < 1.29 is 45.5 Å². The summed E-state index contributed by atoms with van der Waals surface area (Å²) in [5.74, 6) is -4.13. The Kier molecular flexibility index (Phi) is 11.8. The van der Waals surface area contributed by atoms with Crippen LogP contribution in [-0.2, 0) is 39.1 Å². The summed E-state index contributed by atoms with van der Waals surface area (Å²) in [6.07, 6.45) is 0. The average Bonchev–Trinajstić information content (AvgIpc) is 3.88. The van der Waals surface area contributed by atoms with Crippen molar-refractivity contribution in [1.82, 2.24) is 30.2 Å². The highest BCUT2D eigenvalue weighted by atomic mass is 32.3. The number of amides is 2. The van der Waals surface area contributed by atoms with E-state index in [2.05, 4.69) is 46.7 Å². The van der Waals surface area contributed by atoms with E-state index in [0.717, 1.165) is 0 Å². The number of esters is 2. The molecule has 22 nitrogen and oxygen atoms in total. The average molecular weight is 819 g/mol. The third-order valence-corrected chi connectivity index (χ3v) is 10.7. The first-order valence-electron chi connectivity index (χ1n) is 14.9. The quantitative estimate of drug-likeness (QED) is 0.0342. The largest absolute Gasteiger partial charge is 0.461 e. The van der Waals surface area contributed by atoms with E-state index in [-0.39, 0.29) is 46.1 Å². The summed E-state index contributed by atoms with van der Waals surface area (Å²) in [6.45, 7) is 3.00. The lowest BCUT2D eigenvalue weighted by molar-refractivity contribution is -0.140. The molecule has 3 aromatic heterocycles. The molecule has 5 rings (SSSR count). The smallest absolute Gasteiger partial charge is 0.366 e. The maximum Gasteiger partial charge on any atom is 0.366 e. The van der Waals surface area contributed by atoms with E-state index in [9.17, 15) is 36.0 Å². The van der Waals surface area contributed by atoms with E-state index in [1.807, 2.05) is 0 Å². The van der Waals surface area contributed by atoms with Gasteiger partial charge in [-0.05, 0) is 32.0 Å². The van der Waals surface area contributed by atoms with Gasteiger partial charge in [-0.15, -0.1) is 20.4 Å². The number of hydrogen-bond donors (Lipinski definition) is 5. The molecule has 282 valence electrons. The van der Waals surface area contributed by atoms with E-state index in [1.54, 1.807) is 50.2 Å². The summed E-state index contributed by atoms with van der Waals surface area (Å²) in [6, 6.07) is 14.2. The molecule has 0 unspecified atom stereocenters. The molecular weight excluding hydrogens is 793 g/mol. The highest BCUT2D eigenvalue weighted by molar-refractivity contribution is 7.91. The monoisotopic (exact) mass is 818 g/mol. The maximum atomic E-state index is 14.1. The zero-order valence-corrected chi connectivity index (χ0v) is 30.9. The van der Waals surface area contributed by atoms with Crippen molar-refractivity contribution >= 4 is 88.1 Å². The molecule has 7 N–H and O–H groups in total. The minimum atomic E-state index is -4.28. The van der Waals surface area contributed by atoms with Crippen molar-refractivity contribution in [3.63, 3.8) is 0 Å². The Morgan fingerprint density at radius 1 is 0.778 bits per heavy atom. The fourth-order valence-corrected chi connectivity index (χ4v) is 6.97. The molecule has 26 heteroatoms. The number of hydrazone groups is 1. The number of sulfonamides is 2. The lowest BCUT2D eigenvalue weighted by Crippen LogP contribution is -2.29. The zero-order valence-electron chi connectivity index (χ0n) is 27.6.